The smallest absolute Gasteiger partial charge is 0.230 e. The Bertz CT molecular complexity index is 929. The largest absolute Gasteiger partial charge is 0.464 e. The highest BCUT2D eigenvalue weighted by molar-refractivity contribution is 5.92. The van der Waals surface area contributed by atoms with Crippen molar-refractivity contribution >= 4 is 22.8 Å². The molecule has 27 heavy (non-hydrogen) atoms. The van der Waals surface area contributed by atoms with Crippen molar-refractivity contribution in [1.82, 2.24) is 9.80 Å². The lowest BCUT2D eigenvalue weighted by Gasteiger charge is -2.37. The number of amides is 2. The number of rotatable bonds is 2. The Balaban J connectivity index is 1.55. The SMILES string of the molecule is Cc1cc(C)c2c(CC(=O)N3CC[C@]4(CCCN(C)C4=O)C3)coc2c1C. The van der Waals surface area contributed by atoms with Crippen LogP contribution in [0.25, 0.3) is 11.0 Å². The minimum absolute atomic E-state index is 0.0910. The van der Waals surface area contributed by atoms with Gasteiger partial charge >= 0.3 is 0 Å². The number of nitrogens with zero attached hydrogens (tertiary/aromatic N) is 2. The quantitative estimate of drug-likeness (QED) is 0.817. The number of carbonyl (C=O) groups is 2. The second-order valence-corrected chi connectivity index (χ2v) is 8.45. The Labute approximate surface area is 160 Å². The lowest BCUT2D eigenvalue weighted by atomic mass is 9.78. The first-order chi connectivity index (χ1) is 12.8. The van der Waals surface area contributed by atoms with Crippen molar-refractivity contribution < 1.29 is 14.0 Å². The van der Waals surface area contributed by atoms with E-state index in [2.05, 4.69) is 26.8 Å². The molecule has 0 aliphatic carbocycles. The van der Waals surface area contributed by atoms with Crippen LogP contribution in [0.5, 0.6) is 0 Å². The maximum Gasteiger partial charge on any atom is 0.230 e. The molecule has 5 heteroatoms. The van der Waals surface area contributed by atoms with Crippen LogP contribution in [0.4, 0.5) is 0 Å². The average molecular weight is 368 g/mol. The summed E-state index contributed by atoms with van der Waals surface area (Å²) in [7, 11) is 1.87. The monoisotopic (exact) mass is 368 g/mol. The van der Waals surface area contributed by atoms with Crippen LogP contribution < -0.4 is 0 Å². The topological polar surface area (TPSA) is 53.8 Å². The number of piperidine rings is 1. The number of aryl methyl sites for hydroxylation is 3. The van der Waals surface area contributed by atoms with E-state index in [-0.39, 0.29) is 17.2 Å². The first-order valence-electron chi connectivity index (χ1n) is 9.82. The standard InChI is InChI=1S/C22H28N2O3/c1-14-10-15(2)19-17(12-27-20(19)16(14)3)11-18(25)24-9-7-22(13-24)6-5-8-23(4)21(22)26/h10,12H,5-9,11,13H2,1-4H3/t22-/m1/s1. The van der Waals surface area contributed by atoms with Crippen LogP contribution >= 0.6 is 0 Å². The van der Waals surface area contributed by atoms with Crippen molar-refractivity contribution in [2.45, 2.75) is 46.5 Å². The summed E-state index contributed by atoms with van der Waals surface area (Å²) in [6.07, 6.45) is 4.76. The van der Waals surface area contributed by atoms with Gasteiger partial charge in [0.1, 0.15) is 5.58 Å². The molecule has 0 unspecified atom stereocenters. The van der Waals surface area contributed by atoms with Gasteiger partial charge in [0.15, 0.2) is 0 Å². The van der Waals surface area contributed by atoms with Gasteiger partial charge in [-0.3, -0.25) is 9.59 Å². The van der Waals surface area contributed by atoms with Crippen LogP contribution in [0, 0.1) is 26.2 Å². The van der Waals surface area contributed by atoms with Gasteiger partial charge in [-0.2, -0.15) is 0 Å². The molecular formula is C22H28N2O3. The van der Waals surface area contributed by atoms with Gasteiger partial charge in [-0.05, 0) is 56.7 Å². The molecule has 1 aromatic carbocycles. The van der Waals surface area contributed by atoms with E-state index in [1.54, 1.807) is 6.26 Å². The molecule has 1 spiro atoms. The molecule has 5 nitrogen and oxygen atoms in total. The van der Waals surface area contributed by atoms with Gasteiger partial charge in [0.2, 0.25) is 11.8 Å². The predicted octanol–water partition coefficient (Wildman–Crippen LogP) is 3.37. The van der Waals surface area contributed by atoms with Gasteiger partial charge in [0.25, 0.3) is 0 Å². The number of hydrogen-bond acceptors (Lipinski definition) is 3. The molecule has 3 heterocycles. The highest BCUT2D eigenvalue weighted by atomic mass is 16.3. The molecule has 2 aromatic rings. The summed E-state index contributed by atoms with van der Waals surface area (Å²) < 4.78 is 5.81. The van der Waals surface area contributed by atoms with E-state index in [1.165, 1.54) is 5.56 Å². The minimum Gasteiger partial charge on any atom is -0.464 e. The summed E-state index contributed by atoms with van der Waals surface area (Å²) in [5.74, 6) is 0.299. The van der Waals surface area contributed by atoms with Crippen LogP contribution in [0.1, 0.15) is 41.5 Å². The number of fused-ring (bicyclic) bond motifs is 1. The van der Waals surface area contributed by atoms with E-state index >= 15 is 0 Å². The van der Waals surface area contributed by atoms with E-state index in [1.807, 2.05) is 16.8 Å². The van der Waals surface area contributed by atoms with Gasteiger partial charge in [-0.1, -0.05) is 6.07 Å². The minimum atomic E-state index is -0.356. The molecule has 2 saturated heterocycles. The summed E-state index contributed by atoms with van der Waals surface area (Å²) in [6, 6.07) is 2.16. The highest BCUT2D eigenvalue weighted by Crippen LogP contribution is 2.40. The van der Waals surface area contributed by atoms with Crippen LogP contribution in [-0.4, -0.2) is 48.3 Å². The van der Waals surface area contributed by atoms with E-state index in [4.69, 9.17) is 4.42 Å². The Hall–Kier alpha value is -2.30. The van der Waals surface area contributed by atoms with Crippen LogP contribution in [0.15, 0.2) is 16.7 Å². The van der Waals surface area contributed by atoms with E-state index in [0.29, 0.717) is 19.5 Å². The maximum absolute atomic E-state index is 13.0. The van der Waals surface area contributed by atoms with Crippen LogP contribution in [-0.2, 0) is 16.0 Å². The first-order valence-corrected chi connectivity index (χ1v) is 9.82. The van der Waals surface area contributed by atoms with Crippen molar-refractivity contribution in [1.29, 1.82) is 0 Å². The first kappa shape index (κ1) is 18.1. The molecule has 2 amide bonds. The average Bonchev–Trinajstić information content (AvgIpc) is 3.24. The fourth-order valence-corrected chi connectivity index (χ4v) is 4.92. The number of likely N-dealkylation sites (tertiary alicyclic amines) is 2. The Morgan fingerprint density at radius 3 is 2.74 bits per heavy atom. The summed E-state index contributed by atoms with van der Waals surface area (Å²) >= 11 is 0. The number of hydrogen-bond donors (Lipinski definition) is 0. The number of benzene rings is 1. The zero-order valence-corrected chi connectivity index (χ0v) is 16.7. The lowest BCUT2D eigenvalue weighted by Crippen LogP contribution is -2.48. The van der Waals surface area contributed by atoms with Crippen molar-refractivity contribution in [2.24, 2.45) is 5.41 Å². The van der Waals surface area contributed by atoms with Crippen molar-refractivity contribution in [3.8, 4) is 0 Å². The Morgan fingerprint density at radius 2 is 1.96 bits per heavy atom. The van der Waals surface area contributed by atoms with Gasteiger partial charge in [0, 0.05) is 37.6 Å². The molecule has 2 aliphatic rings. The van der Waals surface area contributed by atoms with Crippen LogP contribution in [0.3, 0.4) is 0 Å². The normalized spacial score (nSPS) is 23.0. The van der Waals surface area contributed by atoms with Crippen molar-refractivity contribution in [3.63, 3.8) is 0 Å². The van der Waals surface area contributed by atoms with E-state index < -0.39 is 0 Å². The summed E-state index contributed by atoms with van der Waals surface area (Å²) in [5, 5.41) is 1.06. The van der Waals surface area contributed by atoms with E-state index in [0.717, 1.165) is 53.5 Å². The zero-order chi connectivity index (χ0) is 19.3. The van der Waals surface area contributed by atoms with Gasteiger partial charge in [-0.15, -0.1) is 0 Å². The molecule has 0 saturated carbocycles. The van der Waals surface area contributed by atoms with Crippen molar-refractivity contribution in [3.05, 3.63) is 34.6 Å². The Morgan fingerprint density at radius 1 is 1.19 bits per heavy atom. The molecule has 1 atom stereocenters. The second-order valence-electron chi connectivity index (χ2n) is 8.45. The third-order valence-electron chi connectivity index (χ3n) is 6.62. The molecular weight excluding hydrogens is 340 g/mol. The molecule has 4 rings (SSSR count). The molecule has 2 aliphatic heterocycles. The van der Waals surface area contributed by atoms with E-state index in [9.17, 15) is 9.59 Å². The fourth-order valence-electron chi connectivity index (χ4n) is 4.92. The zero-order valence-electron chi connectivity index (χ0n) is 16.7. The van der Waals surface area contributed by atoms with Crippen LogP contribution in [0.2, 0.25) is 0 Å². The molecule has 144 valence electrons. The molecule has 1 aromatic heterocycles. The molecule has 0 radical (unpaired) electrons. The number of furan rings is 1. The van der Waals surface area contributed by atoms with Crippen molar-refractivity contribution in [2.75, 3.05) is 26.7 Å². The molecule has 2 fully saturated rings. The van der Waals surface area contributed by atoms with Gasteiger partial charge in [-0.25, -0.2) is 0 Å². The predicted molar refractivity (Wildman–Crippen MR) is 105 cm³/mol. The molecule has 0 bridgehead atoms. The lowest BCUT2D eigenvalue weighted by molar-refractivity contribution is -0.144. The third-order valence-corrected chi connectivity index (χ3v) is 6.62. The third kappa shape index (κ3) is 2.84. The van der Waals surface area contributed by atoms with Gasteiger partial charge < -0.3 is 14.2 Å². The summed E-state index contributed by atoms with van der Waals surface area (Å²) in [5.41, 5.74) is 4.96. The highest BCUT2D eigenvalue weighted by Gasteiger charge is 2.48. The summed E-state index contributed by atoms with van der Waals surface area (Å²) in [4.78, 5) is 29.4. The number of carbonyl (C=O) groups excluding carboxylic acids is 2. The fraction of sp³-hybridized carbons (Fsp3) is 0.545. The van der Waals surface area contributed by atoms with Gasteiger partial charge in [0.05, 0.1) is 18.1 Å². The summed E-state index contributed by atoms with van der Waals surface area (Å²) in [6.45, 7) is 8.26. The second kappa shape index (κ2) is 6.39. The maximum atomic E-state index is 13.0. The molecule has 0 N–H and O–H groups in total. The Kier molecular flexibility index (Phi) is 4.28.